The van der Waals surface area contributed by atoms with E-state index in [1.165, 1.54) is 6.92 Å². The molecule has 68 valence electrons. The third-order valence-electron chi connectivity index (χ3n) is 0.238. The largest absolute Gasteiger partial charge is 0.697 e. The van der Waals surface area contributed by atoms with Gasteiger partial charge in [0.05, 0.1) is 0 Å². The van der Waals surface area contributed by atoms with Crippen molar-refractivity contribution < 1.29 is 14.0 Å². The molecule has 0 amide bonds. The minimum Gasteiger partial charge on any atom is -0.133 e. The van der Waals surface area contributed by atoms with Crippen molar-refractivity contribution >= 4 is 43.1 Å². The second-order valence-corrected chi connectivity index (χ2v) is 4.23. The standard InChI is InChI=1S/C2H3Cl2O3P.C2H5Cl/c1-2(3,4)7-8(5)6;1-2-3/h1H3;2H2,1H3/p+1. The van der Waals surface area contributed by atoms with E-state index in [2.05, 4.69) is 4.52 Å². The molecule has 0 rings (SSSR count). The van der Waals surface area contributed by atoms with Crippen LogP contribution in [0.4, 0.5) is 0 Å². The molecule has 0 aromatic rings. The van der Waals surface area contributed by atoms with Gasteiger partial charge in [-0.05, 0) is 6.92 Å². The third kappa shape index (κ3) is 24.8. The van der Waals surface area contributed by atoms with Crippen LogP contribution in [0.3, 0.4) is 0 Å². The van der Waals surface area contributed by atoms with Crippen molar-refractivity contribution in [3.8, 4) is 0 Å². The van der Waals surface area contributed by atoms with E-state index < -0.39 is 12.8 Å². The Bertz CT molecular complexity index is 114. The van der Waals surface area contributed by atoms with E-state index in [1.54, 1.807) is 0 Å². The first-order valence-corrected chi connectivity index (χ1v) is 5.04. The average molecular weight is 242 g/mol. The molecular formula is C4H9Cl3O3P+. The smallest absolute Gasteiger partial charge is 0.133 e. The molecule has 0 fully saturated rings. The number of hydrogen-bond acceptors (Lipinski definition) is 2. The maximum Gasteiger partial charge on any atom is 0.697 e. The quantitative estimate of drug-likeness (QED) is 0.598. The third-order valence-corrected chi connectivity index (χ3v) is 1.13. The normalized spacial score (nSPS) is 11.6. The first kappa shape index (κ1) is 14.4. The maximum atomic E-state index is 9.77. The predicted octanol–water partition coefficient (Wildman–Crippen LogP) is 3.05. The molecule has 1 unspecified atom stereocenters. The van der Waals surface area contributed by atoms with Gasteiger partial charge in [0.2, 0.25) is 0 Å². The molecular weight excluding hydrogens is 233 g/mol. The molecule has 0 spiro atoms. The second kappa shape index (κ2) is 7.53. The summed E-state index contributed by atoms with van der Waals surface area (Å²) < 4.78 is 12.2. The average Bonchev–Trinajstić information content (AvgIpc) is 1.57. The lowest BCUT2D eigenvalue weighted by Crippen LogP contribution is -2.05. The van der Waals surface area contributed by atoms with E-state index in [9.17, 15) is 4.57 Å². The SMILES string of the molecule is CC(Cl)(Cl)O[P+](=O)O.CCCl. The zero-order chi connectivity index (χ0) is 9.49. The Morgan fingerprint density at radius 2 is 1.91 bits per heavy atom. The van der Waals surface area contributed by atoms with Gasteiger partial charge in [-0.15, -0.1) is 16.5 Å². The van der Waals surface area contributed by atoms with E-state index in [-0.39, 0.29) is 0 Å². The molecule has 0 aliphatic heterocycles. The highest BCUT2D eigenvalue weighted by atomic mass is 35.5. The molecule has 11 heavy (non-hydrogen) atoms. The highest BCUT2D eigenvalue weighted by molar-refractivity contribution is 7.32. The Morgan fingerprint density at radius 1 is 1.64 bits per heavy atom. The van der Waals surface area contributed by atoms with Gasteiger partial charge in [-0.25, -0.2) is 0 Å². The maximum absolute atomic E-state index is 9.77. The highest BCUT2D eigenvalue weighted by Gasteiger charge is 2.30. The van der Waals surface area contributed by atoms with Crippen LogP contribution in [-0.4, -0.2) is 15.3 Å². The molecule has 0 aliphatic rings. The lowest BCUT2D eigenvalue weighted by molar-refractivity contribution is 0.239. The molecule has 0 aliphatic carbocycles. The molecule has 1 N–H and O–H groups in total. The number of alkyl halides is 3. The van der Waals surface area contributed by atoms with Crippen molar-refractivity contribution in [2.75, 3.05) is 5.88 Å². The lowest BCUT2D eigenvalue weighted by Gasteiger charge is -1.99. The van der Waals surface area contributed by atoms with Gasteiger partial charge in [-0.2, -0.15) is 0 Å². The Labute approximate surface area is 81.5 Å². The first-order valence-electron chi connectivity index (χ1n) is 2.62. The molecule has 3 nitrogen and oxygen atoms in total. The molecule has 7 heteroatoms. The highest BCUT2D eigenvalue weighted by Crippen LogP contribution is 2.32. The monoisotopic (exact) mass is 241 g/mol. The molecule has 0 aromatic heterocycles. The van der Waals surface area contributed by atoms with E-state index >= 15 is 0 Å². The molecule has 1 atom stereocenters. The summed E-state index contributed by atoms with van der Waals surface area (Å²) in [6, 6.07) is 0. The van der Waals surface area contributed by atoms with Gasteiger partial charge < -0.3 is 0 Å². The summed E-state index contributed by atoms with van der Waals surface area (Å²) in [5.74, 6) is 0.722. The Balaban J connectivity index is 0. The fraction of sp³-hybridized carbons (Fsp3) is 1.00. The molecule has 0 radical (unpaired) electrons. The van der Waals surface area contributed by atoms with Gasteiger partial charge in [0.25, 0.3) is 4.52 Å². The van der Waals surface area contributed by atoms with Crippen molar-refractivity contribution in [2.45, 2.75) is 18.4 Å². The topological polar surface area (TPSA) is 46.5 Å². The van der Waals surface area contributed by atoms with Crippen molar-refractivity contribution in [2.24, 2.45) is 0 Å². The fourth-order valence-electron chi connectivity index (χ4n) is 0.137. The van der Waals surface area contributed by atoms with Crippen LogP contribution in [0.2, 0.25) is 0 Å². The van der Waals surface area contributed by atoms with Crippen LogP contribution in [0.5, 0.6) is 0 Å². The van der Waals surface area contributed by atoms with E-state index in [4.69, 9.17) is 39.7 Å². The minimum absolute atomic E-state index is 0.722. The van der Waals surface area contributed by atoms with Crippen molar-refractivity contribution in [3.05, 3.63) is 0 Å². The van der Waals surface area contributed by atoms with Crippen molar-refractivity contribution in [3.63, 3.8) is 0 Å². The minimum atomic E-state index is -2.70. The Hall–Kier alpha value is 0.890. The summed E-state index contributed by atoms with van der Waals surface area (Å²) in [4.78, 5) is 8.01. The van der Waals surface area contributed by atoms with Crippen LogP contribution in [0.15, 0.2) is 0 Å². The Kier molecular flexibility index (Phi) is 9.87. The van der Waals surface area contributed by atoms with Gasteiger partial charge >= 0.3 is 8.25 Å². The molecule has 0 saturated heterocycles. The van der Waals surface area contributed by atoms with Crippen molar-refractivity contribution in [1.82, 2.24) is 0 Å². The summed E-state index contributed by atoms with van der Waals surface area (Å²) in [5, 5.41) is 0. The summed E-state index contributed by atoms with van der Waals surface area (Å²) in [7, 11) is -2.70. The number of hydrogen-bond donors (Lipinski definition) is 1. The second-order valence-electron chi connectivity index (χ2n) is 1.40. The van der Waals surface area contributed by atoms with Crippen LogP contribution < -0.4 is 0 Å². The van der Waals surface area contributed by atoms with E-state index in [0.717, 1.165) is 5.88 Å². The summed E-state index contributed by atoms with van der Waals surface area (Å²) in [6.07, 6.45) is 0. The van der Waals surface area contributed by atoms with Gasteiger partial charge in [-0.3, -0.25) is 0 Å². The van der Waals surface area contributed by atoms with Crippen LogP contribution >= 0.6 is 43.1 Å². The molecule has 0 heterocycles. The summed E-state index contributed by atoms with van der Waals surface area (Å²) in [5.41, 5.74) is 0. The van der Waals surface area contributed by atoms with Crippen LogP contribution in [-0.2, 0) is 9.09 Å². The van der Waals surface area contributed by atoms with Gasteiger partial charge in [0.1, 0.15) is 0 Å². The zero-order valence-corrected chi connectivity index (χ0v) is 9.21. The van der Waals surface area contributed by atoms with Gasteiger partial charge in [0.15, 0.2) is 0 Å². The van der Waals surface area contributed by atoms with E-state index in [1.807, 2.05) is 6.92 Å². The number of halogens is 3. The number of rotatable bonds is 2. The zero-order valence-electron chi connectivity index (χ0n) is 6.05. The van der Waals surface area contributed by atoms with E-state index in [0.29, 0.717) is 0 Å². The van der Waals surface area contributed by atoms with Gasteiger partial charge in [0, 0.05) is 10.4 Å². The summed E-state index contributed by atoms with van der Waals surface area (Å²) in [6.45, 7) is 3.14. The summed E-state index contributed by atoms with van der Waals surface area (Å²) >= 11 is 15.3. The predicted molar refractivity (Wildman–Crippen MR) is 47.4 cm³/mol. The van der Waals surface area contributed by atoms with Crippen molar-refractivity contribution in [1.29, 1.82) is 0 Å². The first-order chi connectivity index (χ1) is 4.83. The molecule has 0 saturated carbocycles. The Morgan fingerprint density at radius 3 is 1.91 bits per heavy atom. The van der Waals surface area contributed by atoms with Crippen LogP contribution in [0.25, 0.3) is 0 Å². The lowest BCUT2D eigenvalue weighted by atomic mass is 10.9. The fourth-order valence-corrected chi connectivity index (χ4v) is 0.766. The molecule has 0 bridgehead atoms. The van der Waals surface area contributed by atoms with Crippen LogP contribution in [0.1, 0.15) is 13.8 Å². The van der Waals surface area contributed by atoms with Gasteiger partial charge in [-0.1, -0.05) is 34.6 Å². The van der Waals surface area contributed by atoms with Crippen LogP contribution in [0, 0.1) is 0 Å². The molecule has 0 aromatic carbocycles.